The van der Waals surface area contributed by atoms with Gasteiger partial charge in [0.05, 0.1) is 16.9 Å². The molecule has 1 saturated heterocycles. The van der Waals surface area contributed by atoms with Crippen LogP contribution in [0.25, 0.3) is 22.5 Å². The van der Waals surface area contributed by atoms with Crippen molar-refractivity contribution < 1.29 is 9.32 Å². The van der Waals surface area contributed by atoms with Crippen molar-refractivity contribution in [1.29, 1.82) is 0 Å². The minimum atomic E-state index is -0.134. The summed E-state index contributed by atoms with van der Waals surface area (Å²) < 4.78 is 5.05. The van der Waals surface area contributed by atoms with E-state index in [1.54, 1.807) is 36.5 Å². The molecule has 0 radical (unpaired) electrons. The van der Waals surface area contributed by atoms with E-state index in [9.17, 15) is 4.79 Å². The number of carbonyl (C=O) groups is 1. The fraction of sp³-hybridized carbons (Fsp3) is 0.240. The predicted octanol–water partition coefficient (Wildman–Crippen LogP) is 5.08. The maximum Gasteiger partial charge on any atom is 0.276 e. The summed E-state index contributed by atoms with van der Waals surface area (Å²) in [5.74, 6) is 1.19. The molecule has 0 bridgehead atoms. The molecule has 10 heteroatoms. The van der Waals surface area contributed by atoms with Gasteiger partial charge in [-0.15, -0.1) is 0 Å². The Hall–Kier alpha value is -3.49. The van der Waals surface area contributed by atoms with E-state index in [0.717, 1.165) is 16.7 Å². The molecule has 3 aromatic heterocycles. The lowest BCUT2D eigenvalue weighted by Gasteiger charge is -2.35. The summed E-state index contributed by atoms with van der Waals surface area (Å²) in [6.07, 6.45) is 5.05. The van der Waals surface area contributed by atoms with Crippen molar-refractivity contribution in [3.8, 4) is 22.5 Å². The molecule has 1 aliphatic rings. The van der Waals surface area contributed by atoms with Gasteiger partial charge in [-0.05, 0) is 37.6 Å². The summed E-state index contributed by atoms with van der Waals surface area (Å²) in [6, 6.07) is 9.17. The molecule has 5 rings (SSSR count). The number of hydrogen-bond donors (Lipinski definition) is 0. The summed E-state index contributed by atoms with van der Waals surface area (Å²) in [5.41, 5.74) is 4.36. The van der Waals surface area contributed by atoms with Gasteiger partial charge in [-0.25, -0.2) is 4.98 Å². The number of rotatable bonds is 4. The molecule has 178 valence electrons. The first-order chi connectivity index (χ1) is 16.9. The van der Waals surface area contributed by atoms with Crippen LogP contribution in [0.3, 0.4) is 0 Å². The normalized spacial score (nSPS) is 13.8. The van der Waals surface area contributed by atoms with Gasteiger partial charge >= 0.3 is 0 Å². The highest BCUT2D eigenvalue weighted by Gasteiger charge is 2.26. The Labute approximate surface area is 212 Å². The highest BCUT2D eigenvalue weighted by atomic mass is 35.5. The summed E-state index contributed by atoms with van der Waals surface area (Å²) in [4.78, 5) is 30.5. The summed E-state index contributed by atoms with van der Waals surface area (Å²) in [7, 11) is 0. The molecular weight excluding hydrogens is 487 g/mol. The fourth-order valence-corrected chi connectivity index (χ4v) is 4.58. The zero-order valence-corrected chi connectivity index (χ0v) is 20.7. The van der Waals surface area contributed by atoms with Crippen molar-refractivity contribution in [2.24, 2.45) is 0 Å². The molecule has 0 atom stereocenters. The third-order valence-electron chi connectivity index (χ3n) is 5.97. The molecular formula is C25H22Cl2N6O2. The minimum absolute atomic E-state index is 0.134. The second-order valence-electron chi connectivity index (χ2n) is 8.34. The standard InChI is InChI=1S/C25H22Cl2N6O2/c1-15-11-17(26)3-4-18(15)23-24(19-5-6-28-13-20(19)27)30-22(14-29-23)32-7-9-33(10-8-32)25(34)21-12-16(2)35-31-21/h3-6,11-14H,7-10H2,1-2H3. The second-order valence-corrected chi connectivity index (χ2v) is 9.19. The largest absolute Gasteiger partial charge is 0.361 e. The van der Waals surface area contributed by atoms with Crippen LogP contribution in [0.15, 0.2) is 53.4 Å². The highest BCUT2D eigenvalue weighted by molar-refractivity contribution is 6.33. The number of anilines is 1. The molecule has 1 amide bonds. The van der Waals surface area contributed by atoms with Crippen LogP contribution in [0.5, 0.6) is 0 Å². The van der Waals surface area contributed by atoms with Crippen LogP contribution in [-0.4, -0.2) is 57.1 Å². The minimum Gasteiger partial charge on any atom is -0.361 e. The number of aromatic nitrogens is 4. The van der Waals surface area contributed by atoms with E-state index < -0.39 is 0 Å². The topological polar surface area (TPSA) is 88.3 Å². The molecule has 1 fully saturated rings. The zero-order valence-electron chi connectivity index (χ0n) is 19.2. The third kappa shape index (κ3) is 4.72. The van der Waals surface area contributed by atoms with Gasteiger partial charge in [0.15, 0.2) is 5.69 Å². The Bertz CT molecular complexity index is 1400. The average Bonchev–Trinajstić information content (AvgIpc) is 3.30. The number of aryl methyl sites for hydroxylation is 2. The van der Waals surface area contributed by atoms with E-state index >= 15 is 0 Å². The molecule has 4 heterocycles. The monoisotopic (exact) mass is 508 g/mol. The van der Waals surface area contributed by atoms with Crippen LogP contribution in [0, 0.1) is 13.8 Å². The molecule has 0 saturated carbocycles. The number of amides is 1. The van der Waals surface area contributed by atoms with E-state index in [1.807, 2.05) is 31.2 Å². The molecule has 35 heavy (non-hydrogen) atoms. The number of benzene rings is 1. The van der Waals surface area contributed by atoms with Crippen LogP contribution in [0.1, 0.15) is 21.8 Å². The van der Waals surface area contributed by atoms with Gasteiger partial charge in [0, 0.05) is 60.8 Å². The molecule has 0 aliphatic carbocycles. The van der Waals surface area contributed by atoms with Crippen molar-refractivity contribution in [2.75, 3.05) is 31.1 Å². The van der Waals surface area contributed by atoms with Crippen LogP contribution >= 0.6 is 23.2 Å². The Morgan fingerprint density at radius 3 is 2.46 bits per heavy atom. The number of carbonyl (C=O) groups excluding carboxylic acids is 1. The zero-order chi connectivity index (χ0) is 24.5. The van der Waals surface area contributed by atoms with Crippen molar-refractivity contribution in [2.45, 2.75) is 13.8 Å². The van der Waals surface area contributed by atoms with Gasteiger partial charge < -0.3 is 14.3 Å². The maximum absolute atomic E-state index is 12.7. The lowest BCUT2D eigenvalue weighted by atomic mass is 10.0. The fourth-order valence-electron chi connectivity index (χ4n) is 4.14. The van der Waals surface area contributed by atoms with Gasteiger partial charge in [0.25, 0.3) is 5.91 Å². The number of pyridine rings is 1. The molecule has 0 unspecified atom stereocenters. The van der Waals surface area contributed by atoms with Gasteiger partial charge in [0.1, 0.15) is 17.3 Å². The number of nitrogens with zero attached hydrogens (tertiary/aromatic N) is 6. The Balaban J connectivity index is 1.45. The smallest absolute Gasteiger partial charge is 0.276 e. The highest BCUT2D eigenvalue weighted by Crippen LogP contribution is 2.36. The Kier molecular flexibility index (Phi) is 6.40. The summed E-state index contributed by atoms with van der Waals surface area (Å²) >= 11 is 12.7. The Morgan fingerprint density at radius 1 is 0.971 bits per heavy atom. The van der Waals surface area contributed by atoms with Crippen LogP contribution < -0.4 is 4.90 Å². The van der Waals surface area contributed by atoms with Gasteiger partial charge in [-0.1, -0.05) is 34.4 Å². The van der Waals surface area contributed by atoms with Crippen LogP contribution in [0.2, 0.25) is 10.0 Å². The van der Waals surface area contributed by atoms with E-state index in [0.29, 0.717) is 64.9 Å². The van der Waals surface area contributed by atoms with Crippen molar-refractivity contribution in [3.05, 3.63) is 76.0 Å². The van der Waals surface area contributed by atoms with E-state index in [4.69, 9.17) is 37.7 Å². The van der Waals surface area contributed by atoms with Gasteiger partial charge in [-0.2, -0.15) is 0 Å². The first kappa shape index (κ1) is 23.3. The number of piperazine rings is 1. The maximum atomic E-state index is 12.7. The van der Waals surface area contributed by atoms with Crippen LogP contribution in [-0.2, 0) is 0 Å². The summed E-state index contributed by atoms with van der Waals surface area (Å²) in [6.45, 7) is 6.05. The Morgan fingerprint density at radius 2 is 1.77 bits per heavy atom. The lowest BCUT2D eigenvalue weighted by Crippen LogP contribution is -2.49. The quantitative estimate of drug-likeness (QED) is 0.379. The first-order valence-electron chi connectivity index (χ1n) is 11.1. The van der Waals surface area contributed by atoms with E-state index in [1.165, 1.54) is 0 Å². The van der Waals surface area contributed by atoms with Crippen molar-refractivity contribution in [3.63, 3.8) is 0 Å². The third-order valence-corrected chi connectivity index (χ3v) is 6.51. The second kappa shape index (κ2) is 9.64. The summed E-state index contributed by atoms with van der Waals surface area (Å²) in [5, 5.41) is 5.00. The molecule has 1 aliphatic heterocycles. The average molecular weight is 509 g/mol. The molecule has 0 N–H and O–H groups in total. The number of halogens is 2. The van der Waals surface area contributed by atoms with E-state index in [-0.39, 0.29) is 5.91 Å². The van der Waals surface area contributed by atoms with Crippen molar-refractivity contribution >= 4 is 34.9 Å². The van der Waals surface area contributed by atoms with E-state index in [2.05, 4.69) is 15.0 Å². The van der Waals surface area contributed by atoms with Crippen LogP contribution in [0.4, 0.5) is 5.82 Å². The molecule has 1 aromatic carbocycles. The number of hydrogen-bond acceptors (Lipinski definition) is 7. The lowest BCUT2D eigenvalue weighted by molar-refractivity contribution is 0.0736. The first-order valence-corrected chi connectivity index (χ1v) is 11.9. The van der Waals surface area contributed by atoms with Crippen molar-refractivity contribution in [1.82, 2.24) is 25.0 Å². The molecule has 8 nitrogen and oxygen atoms in total. The molecule has 4 aromatic rings. The SMILES string of the molecule is Cc1cc(C(=O)N2CCN(c3cnc(-c4ccc(Cl)cc4C)c(-c4ccncc4Cl)n3)CC2)no1. The van der Waals surface area contributed by atoms with Gasteiger partial charge in [-0.3, -0.25) is 14.8 Å². The molecule has 0 spiro atoms. The predicted molar refractivity (Wildman–Crippen MR) is 135 cm³/mol. The van der Waals surface area contributed by atoms with Gasteiger partial charge in [0.2, 0.25) is 0 Å².